The topological polar surface area (TPSA) is 134 Å². The van der Waals surface area contributed by atoms with E-state index in [9.17, 15) is 19.0 Å². The number of hydrogen-bond acceptors (Lipinski definition) is 8. The molecule has 0 aromatic rings. The minimum absolute atomic E-state index is 0.0404. The summed E-state index contributed by atoms with van der Waals surface area (Å²) in [5.41, 5.74) is 5.39. The van der Waals surface area contributed by atoms with Gasteiger partial charge in [-0.2, -0.15) is 0 Å². The predicted molar refractivity (Wildman–Crippen MR) is 375 cm³/mol. The summed E-state index contributed by atoms with van der Waals surface area (Å²) in [6.07, 6.45) is 106. The molecule has 0 rings (SSSR count). The van der Waals surface area contributed by atoms with Gasteiger partial charge in [-0.05, 0) is 141 Å². The van der Waals surface area contributed by atoms with Crippen molar-refractivity contribution in [3.8, 4) is 0 Å². The van der Waals surface area contributed by atoms with Crippen LogP contribution in [0.15, 0.2) is 194 Å². The van der Waals surface area contributed by atoms with Gasteiger partial charge in [0, 0.05) is 19.4 Å². The van der Waals surface area contributed by atoms with E-state index in [4.69, 9.17) is 24.3 Å². The van der Waals surface area contributed by atoms with Crippen LogP contribution in [0.4, 0.5) is 0 Å². The van der Waals surface area contributed by atoms with Crippen LogP contribution in [0.2, 0.25) is 0 Å². The fourth-order valence-corrected chi connectivity index (χ4v) is 9.31. The Morgan fingerprint density at radius 1 is 0.345 bits per heavy atom. The third-order valence-corrected chi connectivity index (χ3v) is 14.5. The fourth-order valence-electron chi connectivity index (χ4n) is 8.55. The van der Waals surface area contributed by atoms with Gasteiger partial charge in [0.15, 0.2) is 6.10 Å². The fraction of sp³-hybridized carbons (Fsp3) is 0.558. The lowest BCUT2D eigenvalue weighted by molar-refractivity contribution is -0.161. The molecule has 488 valence electrons. The zero-order valence-electron chi connectivity index (χ0n) is 54.7. The first-order chi connectivity index (χ1) is 42.8. The van der Waals surface area contributed by atoms with Crippen LogP contribution >= 0.6 is 7.82 Å². The lowest BCUT2D eigenvalue weighted by Gasteiger charge is -2.19. The maximum atomic E-state index is 12.8. The lowest BCUT2D eigenvalue weighted by atomic mass is 10.1. The minimum Gasteiger partial charge on any atom is -0.462 e. The van der Waals surface area contributed by atoms with E-state index in [1.807, 2.05) is 0 Å². The van der Waals surface area contributed by atoms with Crippen LogP contribution in [0.3, 0.4) is 0 Å². The van der Waals surface area contributed by atoms with Gasteiger partial charge >= 0.3 is 19.8 Å². The summed E-state index contributed by atoms with van der Waals surface area (Å²) in [5.74, 6) is -0.860. The molecule has 10 heteroatoms. The van der Waals surface area contributed by atoms with Crippen molar-refractivity contribution in [2.24, 2.45) is 5.73 Å². The number of rotatable bonds is 61. The third-order valence-electron chi connectivity index (χ3n) is 13.5. The second-order valence-electron chi connectivity index (χ2n) is 21.6. The number of carbonyl (C=O) groups is 2. The third kappa shape index (κ3) is 69.8. The first-order valence-electron chi connectivity index (χ1n) is 33.9. The summed E-state index contributed by atoms with van der Waals surface area (Å²) in [7, 11) is -4.41. The van der Waals surface area contributed by atoms with Gasteiger partial charge in [-0.25, -0.2) is 4.57 Å². The lowest BCUT2D eigenvalue weighted by Crippen LogP contribution is -2.29. The van der Waals surface area contributed by atoms with E-state index in [0.717, 1.165) is 161 Å². The number of unbranched alkanes of at least 4 members (excludes halogenated alkanes) is 16. The van der Waals surface area contributed by atoms with Crippen molar-refractivity contribution in [3.63, 3.8) is 0 Å². The maximum absolute atomic E-state index is 12.8. The number of phosphoric acid groups is 1. The van der Waals surface area contributed by atoms with Crippen molar-refractivity contribution in [1.29, 1.82) is 0 Å². The van der Waals surface area contributed by atoms with Gasteiger partial charge in [-0.1, -0.05) is 285 Å². The van der Waals surface area contributed by atoms with E-state index in [-0.39, 0.29) is 32.6 Å². The average Bonchev–Trinajstić information content (AvgIpc) is 3.65. The van der Waals surface area contributed by atoms with Gasteiger partial charge in [-0.3, -0.25) is 18.6 Å². The predicted octanol–water partition coefficient (Wildman–Crippen LogP) is 22.5. The molecule has 0 aliphatic heterocycles. The van der Waals surface area contributed by atoms with Gasteiger partial charge in [0.2, 0.25) is 0 Å². The quantitative estimate of drug-likeness (QED) is 0.0264. The van der Waals surface area contributed by atoms with Crippen LogP contribution in [0.5, 0.6) is 0 Å². The standard InChI is InChI=1S/C77H122NO8P/c1-3-5-7-9-11-13-15-17-19-21-23-25-27-29-30-31-32-33-34-35-36-37-38-39-40-41-42-43-44-46-48-50-52-54-56-58-60-62-64-66-68-70-77(80)86-75(74-85-87(81,82)84-72-71-78)73-83-76(79)69-67-65-63-61-59-57-55-53-51-49-47-45-28-26-24-22-20-18-16-14-12-10-8-6-4-2/h5-8,11-14,17-20,23-26,29-30,32-33,35-36,38-39,41-42,44-47,50,52,75H,3-4,9-10,15-16,21-22,27-28,31,34,37,40,43,48-49,51,53-74,78H2,1-2H3,(H,81,82)/b7-5-,8-6-,13-11-,14-12-,19-17-,20-18-,25-23-,26-24-,30-29-,33-32-,36-35-,39-38-,42-41-,46-44-,47-45-,52-50-. The Balaban J connectivity index is 4.03. The number of phosphoric ester groups is 1. The molecule has 0 aromatic heterocycles. The van der Waals surface area contributed by atoms with Crippen LogP contribution in [0.25, 0.3) is 0 Å². The molecule has 0 radical (unpaired) electrons. The van der Waals surface area contributed by atoms with Crippen molar-refractivity contribution in [3.05, 3.63) is 194 Å². The van der Waals surface area contributed by atoms with Gasteiger partial charge < -0.3 is 20.1 Å². The molecule has 2 unspecified atom stereocenters. The zero-order valence-corrected chi connectivity index (χ0v) is 55.6. The van der Waals surface area contributed by atoms with Crippen molar-refractivity contribution in [2.45, 2.75) is 251 Å². The summed E-state index contributed by atoms with van der Waals surface area (Å²) >= 11 is 0. The van der Waals surface area contributed by atoms with Crippen LogP contribution < -0.4 is 5.73 Å². The SMILES string of the molecule is CC/C=C\C/C=C\C/C=C\C/C=C\C/C=C\C/C=C\C/C=C\C/C=C\C/C=C\C/C=C\C/C=C\CCCCCCCCCC(=O)OC(COC(=O)CCCCCCCCCCC/C=C\C/C=C\C/C=C\C/C=C\C/C=C\CC)COP(=O)(O)OCCN. The monoisotopic (exact) mass is 1220 g/mol. The maximum Gasteiger partial charge on any atom is 0.472 e. The van der Waals surface area contributed by atoms with E-state index >= 15 is 0 Å². The Labute approximate surface area is 532 Å². The number of ether oxygens (including phenoxy) is 2. The second kappa shape index (κ2) is 69.9. The van der Waals surface area contributed by atoms with Crippen molar-refractivity contribution in [1.82, 2.24) is 0 Å². The van der Waals surface area contributed by atoms with Crippen LogP contribution in [-0.4, -0.2) is 49.3 Å². The molecule has 0 aliphatic carbocycles. The zero-order chi connectivity index (χ0) is 63.0. The molecule has 0 fully saturated rings. The molecule has 0 amide bonds. The van der Waals surface area contributed by atoms with E-state index in [1.165, 1.54) is 44.9 Å². The molecule has 9 nitrogen and oxygen atoms in total. The number of allylic oxidation sites excluding steroid dienone is 32. The smallest absolute Gasteiger partial charge is 0.462 e. The average molecular weight is 1220 g/mol. The molecule has 0 heterocycles. The van der Waals surface area contributed by atoms with E-state index in [2.05, 4.69) is 208 Å². The molecule has 2 atom stereocenters. The Morgan fingerprint density at radius 2 is 0.598 bits per heavy atom. The molecular weight excluding hydrogens is 1100 g/mol. The molecule has 0 saturated heterocycles. The van der Waals surface area contributed by atoms with Crippen LogP contribution in [0, 0.1) is 0 Å². The van der Waals surface area contributed by atoms with Gasteiger partial charge in [-0.15, -0.1) is 0 Å². The van der Waals surface area contributed by atoms with E-state index < -0.39 is 32.5 Å². The Kier molecular flexibility index (Phi) is 65.8. The second-order valence-corrected chi connectivity index (χ2v) is 23.0. The largest absolute Gasteiger partial charge is 0.472 e. The number of hydrogen-bond donors (Lipinski definition) is 2. The van der Waals surface area contributed by atoms with Gasteiger partial charge in [0.05, 0.1) is 13.2 Å². The molecule has 0 bridgehead atoms. The van der Waals surface area contributed by atoms with Crippen molar-refractivity contribution in [2.75, 3.05) is 26.4 Å². The summed E-state index contributed by atoms with van der Waals surface area (Å²) < 4.78 is 33.1. The van der Waals surface area contributed by atoms with Crippen LogP contribution in [-0.2, 0) is 32.7 Å². The Morgan fingerprint density at radius 3 is 0.885 bits per heavy atom. The highest BCUT2D eigenvalue weighted by molar-refractivity contribution is 7.47. The molecule has 3 N–H and O–H groups in total. The van der Waals surface area contributed by atoms with E-state index in [0.29, 0.717) is 12.8 Å². The normalized spacial score (nSPS) is 14.2. The highest BCUT2D eigenvalue weighted by atomic mass is 31.2. The van der Waals surface area contributed by atoms with Gasteiger partial charge in [0.25, 0.3) is 0 Å². The van der Waals surface area contributed by atoms with E-state index in [1.54, 1.807) is 0 Å². The van der Waals surface area contributed by atoms with Crippen molar-refractivity contribution < 1.29 is 37.6 Å². The Hall–Kier alpha value is -5.15. The first-order valence-corrected chi connectivity index (χ1v) is 35.4. The molecule has 0 aromatic carbocycles. The first kappa shape index (κ1) is 81.8. The van der Waals surface area contributed by atoms with Gasteiger partial charge in [0.1, 0.15) is 6.61 Å². The Bertz CT molecular complexity index is 2130. The summed E-state index contributed by atoms with van der Waals surface area (Å²) in [6, 6.07) is 0. The highest BCUT2D eigenvalue weighted by Gasteiger charge is 2.26. The molecule has 0 saturated carbocycles. The molecular formula is C77H122NO8P. The molecule has 87 heavy (non-hydrogen) atoms. The van der Waals surface area contributed by atoms with Crippen LogP contribution in [0.1, 0.15) is 245 Å². The molecule has 0 aliphatic rings. The highest BCUT2D eigenvalue weighted by Crippen LogP contribution is 2.43. The number of esters is 2. The summed E-state index contributed by atoms with van der Waals surface area (Å²) in [4.78, 5) is 35.3. The summed E-state index contributed by atoms with van der Waals surface area (Å²) in [5, 5.41) is 0. The number of nitrogens with two attached hydrogens (primary N) is 1. The molecule has 0 spiro atoms. The summed E-state index contributed by atoms with van der Waals surface area (Å²) in [6.45, 7) is 3.48. The number of carbonyl (C=O) groups excluding carboxylic acids is 2. The van der Waals surface area contributed by atoms with Crippen molar-refractivity contribution >= 4 is 19.8 Å². The minimum atomic E-state index is -4.41.